The van der Waals surface area contributed by atoms with Gasteiger partial charge in [-0.25, -0.2) is 9.07 Å². The van der Waals surface area contributed by atoms with Gasteiger partial charge in [0.25, 0.3) is 5.91 Å². The topological polar surface area (TPSA) is 64.2 Å². The van der Waals surface area contributed by atoms with Crippen LogP contribution in [0.25, 0.3) is 22.5 Å². The highest BCUT2D eigenvalue weighted by atomic mass is 19.1. The number of pyridine rings is 2. The minimum atomic E-state index is -0.311. The van der Waals surface area contributed by atoms with E-state index in [1.54, 1.807) is 53.6 Å². The lowest BCUT2D eigenvalue weighted by Gasteiger charge is -2.07. The Hall–Kier alpha value is -4.26. The molecule has 30 heavy (non-hydrogen) atoms. The van der Waals surface area contributed by atoms with Crippen molar-refractivity contribution in [2.24, 2.45) is 0 Å². The first-order valence-electron chi connectivity index (χ1n) is 9.32. The number of halogens is 1. The number of anilines is 1. The molecule has 5 aromatic rings. The molecule has 0 bridgehead atoms. The SMILES string of the molecule is O=C(Nc1cccnc1)c1ccn(-c2ccc3ccc(-c4ccc(F)cc4)cn23)n1. The van der Waals surface area contributed by atoms with Crippen molar-refractivity contribution in [3.05, 3.63) is 103 Å². The van der Waals surface area contributed by atoms with E-state index < -0.39 is 0 Å². The predicted octanol–water partition coefficient (Wildman–Crippen LogP) is 4.58. The molecule has 0 spiro atoms. The van der Waals surface area contributed by atoms with Crippen LogP contribution in [0.5, 0.6) is 0 Å². The number of hydrogen-bond acceptors (Lipinski definition) is 3. The number of amides is 1. The van der Waals surface area contributed by atoms with E-state index in [0.29, 0.717) is 11.4 Å². The molecule has 1 N–H and O–H groups in total. The molecule has 5 rings (SSSR count). The molecule has 146 valence electrons. The molecule has 0 radical (unpaired) electrons. The van der Waals surface area contributed by atoms with E-state index in [1.165, 1.54) is 12.1 Å². The fourth-order valence-electron chi connectivity index (χ4n) is 3.29. The molecule has 4 aromatic heterocycles. The predicted molar refractivity (Wildman–Crippen MR) is 112 cm³/mol. The Morgan fingerprint density at radius 3 is 2.53 bits per heavy atom. The molecule has 0 aliphatic carbocycles. The summed E-state index contributed by atoms with van der Waals surface area (Å²) in [6, 6.07) is 19.4. The van der Waals surface area contributed by atoms with E-state index >= 15 is 0 Å². The van der Waals surface area contributed by atoms with Crippen LogP contribution in [0.2, 0.25) is 0 Å². The van der Waals surface area contributed by atoms with Gasteiger partial charge in [0.2, 0.25) is 0 Å². The molecule has 1 aromatic carbocycles. The summed E-state index contributed by atoms with van der Waals surface area (Å²) in [7, 11) is 0. The second-order valence-corrected chi connectivity index (χ2v) is 6.75. The Morgan fingerprint density at radius 1 is 0.933 bits per heavy atom. The Balaban J connectivity index is 1.47. The summed E-state index contributed by atoms with van der Waals surface area (Å²) in [5, 5.41) is 7.20. The normalized spacial score (nSPS) is 11.0. The highest BCUT2D eigenvalue weighted by Crippen LogP contribution is 2.23. The van der Waals surface area contributed by atoms with Crippen LogP contribution in [0, 0.1) is 5.82 Å². The van der Waals surface area contributed by atoms with Gasteiger partial charge >= 0.3 is 0 Å². The lowest BCUT2D eigenvalue weighted by atomic mass is 10.1. The number of nitrogens with zero attached hydrogens (tertiary/aromatic N) is 4. The van der Waals surface area contributed by atoms with Gasteiger partial charge in [0, 0.05) is 24.1 Å². The first-order chi connectivity index (χ1) is 14.7. The van der Waals surface area contributed by atoms with Crippen LogP contribution in [0.15, 0.2) is 91.5 Å². The average molecular weight is 397 g/mol. The van der Waals surface area contributed by atoms with E-state index in [0.717, 1.165) is 22.5 Å². The van der Waals surface area contributed by atoms with E-state index in [-0.39, 0.29) is 11.7 Å². The maximum Gasteiger partial charge on any atom is 0.276 e. The van der Waals surface area contributed by atoms with Crippen LogP contribution in [-0.2, 0) is 0 Å². The maximum atomic E-state index is 13.2. The third-order valence-corrected chi connectivity index (χ3v) is 4.78. The number of carbonyl (C=O) groups is 1. The standard InChI is InChI=1S/C23H16FN5O/c24-18-6-3-16(4-7-18)17-5-8-20-9-10-22(28(20)15-17)29-13-11-21(27-29)23(30)26-19-2-1-12-25-14-19/h1-15H,(H,26,30). The quantitative estimate of drug-likeness (QED) is 0.483. The fraction of sp³-hybridized carbons (Fsp3) is 0. The van der Waals surface area contributed by atoms with Crippen LogP contribution in [0.4, 0.5) is 10.1 Å². The van der Waals surface area contributed by atoms with Crippen molar-refractivity contribution in [3.8, 4) is 16.9 Å². The molecule has 0 aliphatic rings. The van der Waals surface area contributed by atoms with Gasteiger partial charge in [0.15, 0.2) is 5.69 Å². The van der Waals surface area contributed by atoms with Crippen molar-refractivity contribution in [1.29, 1.82) is 0 Å². The molecule has 0 fully saturated rings. The number of benzene rings is 1. The molecular formula is C23H16FN5O. The monoisotopic (exact) mass is 397 g/mol. The van der Waals surface area contributed by atoms with E-state index in [9.17, 15) is 9.18 Å². The number of carbonyl (C=O) groups excluding carboxylic acids is 1. The second kappa shape index (κ2) is 7.29. The number of nitrogens with one attached hydrogen (secondary N) is 1. The van der Waals surface area contributed by atoms with Crippen molar-refractivity contribution >= 4 is 17.1 Å². The molecule has 0 aliphatic heterocycles. The van der Waals surface area contributed by atoms with Crippen LogP contribution >= 0.6 is 0 Å². The van der Waals surface area contributed by atoms with Crippen molar-refractivity contribution < 1.29 is 9.18 Å². The summed E-state index contributed by atoms with van der Waals surface area (Å²) in [5.74, 6) is 0.208. The van der Waals surface area contributed by atoms with Gasteiger partial charge in [-0.2, -0.15) is 5.10 Å². The lowest BCUT2D eigenvalue weighted by molar-refractivity contribution is 0.102. The molecule has 4 heterocycles. The molecule has 0 atom stereocenters. The van der Waals surface area contributed by atoms with Gasteiger partial charge in [-0.15, -0.1) is 0 Å². The largest absolute Gasteiger partial charge is 0.319 e. The summed E-state index contributed by atoms with van der Waals surface area (Å²) in [4.78, 5) is 16.5. The van der Waals surface area contributed by atoms with E-state index in [4.69, 9.17) is 0 Å². The second-order valence-electron chi connectivity index (χ2n) is 6.75. The van der Waals surface area contributed by atoms with Crippen LogP contribution < -0.4 is 5.32 Å². The zero-order valence-electron chi connectivity index (χ0n) is 15.7. The Labute approximate surface area is 171 Å². The molecule has 1 amide bonds. The summed E-state index contributed by atoms with van der Waals surface area (Å²) in [6.07, 6.45) is 6.92. The Morgan fingerprint density at radius 2 is 1.73 bits per heavy atom. The maximum absolute atomic E-state index is 13.2. The summed E-state index contributed by atoms with van der Waals surface area (Å²) >= 11 is 0. The minimum absolute atomic E-state index is 0.268. The first-order valence-corrected chi connectivity index (χ1v) is 9.32. The Bertz CT molecular complexity index is 1340. The lowest BCUT2D eigenvalue weighted by Crippen LogP contribution is -2.13. The van der Waals surface area contributed by atoms with Crippen molar-refractivity contribution in [2.75, 3.05) is 5.32 Å². The highest BCUT2D eigenvalue weighted by Gasteiger charge is 2.13. The number of fused-ring (bicyclic) bond motifs is 1. The molecule has 0 saturated carbocycles. The molecule has 0 unspecified atom stereocenters. The van der Waals surface area contributed by atoms with Crippen molar-refractivity contribution in [1.82, 2.24) is 19.2 Å². The van der Waals surface area contributed by atoms with Gasteiger partial charge in [-0.05, 0) is 59.7 Å². The van der Waals surface area contributed by atoms with E-state index in [1.807, 2.05) is 34.9 Å². The van der Waals surface area contributed by atoms with Gasteiger partial charge in [-0.3, -0.25) is 9.78 Å². The summed E-state index contributed by atoms with van der Waals surface area (Å²) < 4.78 is 16.9. The zero-order valence-corrected chi connectivity index (χ0v) is 15.7. The fourth-order valence-corrected chi connectivity index (χ4v) is 3.29. The van der Waals surface area contributed by atoms with Gasteiger partial charge in [-0.1, -0.05) is 18.2 Å². The number of aromatic nitrogens is 4. The van der Waals surface area contributed by atoms with Crippen LogP contribution in [-0.4, -0.2) is 25.1 Å². The minimum Gasteiger partial charge on any atom is -0.319 e. The number of hydrogen-bond donors (Lipinski definition) is 1. The van der Waals surface area contributed by atoms with Crippen molar-refractivity contribution in [3.63, 3.8) is 0 Å². The highest BCUT2D eigenvalue weighted by molar-refractivity contribution is 6.02. The zero-order chi connectivity index (χ0) is 20.5. The molecule has 7 heteroatoms. The molecule has 6 nitrogen and oxygen atoms in total. The van der Waals surface area contributed by atoms with Gasteiger partial charge in [0.05, 0.1) is 11.9 Å². The third kappa shape index (κ3) is 3.33. The molecule has 0 saturated heterocycles. The smallest absolute Gasteiger partial charge is 0.276 e. The van der Waals surface area contributed by atoms with Gasteiger partial charge < -0.3 is 9.72 Å². The van der Waals surface area contributed by atoms with Crippen LogP contribution in [0.3, 0.4) is 0 Å². The Kier molecular flexibility index (Phi) is 4.33. The third-order valence-electron chi connectivity index (χ3n) is 4.78. The van der Waals surface area contributed by atoms with E-state index in [2.05, 4.69) is 15.4 Å². The summed E-state index contributed by atoms with van der Waals surface area (Å²) in [6.45, 7) is 0. The number of rotatable bonds is 4. The van der Waals surface area contributed by atoms with Crippen molar-refractivity contribution in [2.45, 2.75) is 0 Å². The molecular weight excluding hydrogens is 381 g/mol. The average Bonchev–Trinajstić information content (AvgIpc) is 3.41. The van der Waals surface area contributed by atoms with Crippen LogP contribution in [0.1, 0.15) is 10.5 Å². The summed E-state index contributed by atoms with van der Waals surface area (Å²) in [5.41, 5.74) is 3.74. The van der Waals surface area contributed by atoms with Gasteiger partial charge in [0.1, 0.15) is 11.6 Å². The first kappa shape index (κ1) is 17.8.